The summed E-state index contributed by atoms with van der Waals surface area (Å²) in [5.41, 5.74) is 1.60. The maximum absolute atomic E-state index is 4.22. The lowest BCUT2D eigenvalue weighted by Crippen LogP contribution is -1.90. The van der Waals surface area contributed by atoms with Gasteiger partial charge in [-0.2, -0.15) is 0 Å². The summed E-state index contributed by atoms with van der Waals surface area (Å²) >= 11 is 0. The van der Waals surface area contributed by atoms with E-state index in [1.807, 2.05) is 20.8 Å². The van der Waals surface area contributed by atoms with Gasteiger partial charge in [-0.15, -0.1) is 0 Å². The number of rotatable bonds is 1. The molecular formula is C10H14N4. The van der Waals surface area contributed by atoms with Crippen molar-refractivity contribution in [1.29, 1.82) is 0 Å². The van der Waals surface area contributed by atoms with Crippen molar-refractivity contribution in [3.63, 3.8) is 0 Å². The lowest BCUT2D eigenvalue weighted by molar-refractivity contribution is 1.06. The largest absolute Gasteiger partial charge is 0.291 e. The first-order chi connectivity index (χ1) is 6.81. The Morgan fingerprint density at radius 2 is 2.07 bits per heavy atom. The molecule has 0 N–H and O–H groups in total. The second-order valence-electron chi connectivity index (χ2n) is 2.46. The van der Waals surface area contributed by atoms with E-state index in [1.165, 1.54) is 0 Å². The molecule has 4 heteroatoms. The number of nitrogens with zero attached hydrogens (tertiary/aromatic N) is 4. The van der Waals surface area contributed by atoms with Crippen LogP contribution in [0.3, 0.4) is 0 Å². The standard InChI is InChI=1S/C8H8N4.C2H6/c1-3-12-5-10-7-4-9-6(2)11-8(7)12;1-2/h3-5H,1H2,2H3;1-2H3. The van der Waals surface area contributed by atoms with Gasteiger partial charge in [0.1, 0.15) is 17.7 Å². The zero-order valence-electron chi connectivity index (χ0n) is 8.73. The Morgan fingerprint density at radius 1 is 1.36 bits per heavy atom. The van der Waals surface area contributed by atoms with Crippen LogP contribution in [-0.4, -0.2) is 19.5 Å². The Bertz CT molecular complexity index is 431. The number of hydrogen-bond acceptors (Lipinski definition) is 3. The van der Waals surface area contributed by atoms with Crippen molar-refractivity contribution in [2.24, 2.45) is 0 Å². The van der Waals surface area contributed by atoms with Gasteiger partial charge in [-0.05, 0) is 6.92 Å². The van der Waals surface area contributed by atoms with E-state index in [0.29, 0.717) is 0 Å². The molecule has 14 heavy (non-hydrogen) atoms. The van der Waals surface area contributed by atoms with Gasteiger partial charge in [-0.1, -0.05) is 20.4 Å². The third kappa shape index (κ3) is 1.79. The van der Waals surface area contributed by atoms with Crippen LogP contribution < -0.4 is 0 Å². The second kappa shape index (κ2) is 4.50. The van der Waals surface area contributed by atoms with Gasteiger partial charge in [0.05, 0.1) is 6.20 Å². The van der Waals surface area contributed by atoms with Crippen molar-refractivity contribution in [1.82, 2.24) is 19.5 Å². The highest BCUT2D eigenvalue weighted by Gasteiger charge is 2.01. The molecule has 2 aromatic rings. The zero-order chi connectivity index (χ0) is 10.6. The van der Waals surface area contributed by atoms with Gasteiger partial charge in [0.25, 0.3) is 0 Å². The van der Waals surface area contributed by atoms with Crippen LogP contribution in [0, 0.1) is 6.92 Å². The van der Waals surface area contributed by atoms with Crippen LogP contribution in [0.25, 0.3) is 17.4 Å². The van der Waals surface area contributed by atoms with E-state index in [-0.39, 0.29) is 0 Å². The van der Waals surface area contributed by atoms with Crippen LogP contribution in [0.15, 0.2) is 19.1 Å². The summed E-state index contributed by atoms with van der Waals surface area (Å²) in [5, 5.41) is 0. The zero-order valence-corrected chi connectivity index (χ0v) is 8.73. The molecule has 2 aromatic heterocycles. The Balaban J connectivity index is 0.000000461. The summed E-state index contributed by atoms with van der Waals surface area (Å²) in [7, 11) is 0. The summed E-state index contributed by atoms with van der Waals surface area (Å²) in [6, 6.07) is 0. The van der Waals surface area contributed by atoms with Gasteiger partial charge >= 0.3 is 0 Å². The van der Waals surface area contributed by atoms with Crippen LogP contribution in [0.5, 0.6) is 0 Å². The predicted molar refractivity (Wildman–Crippen MR) is 57.8 cm³/mol. The van der Waals surface area contributed by atoms with Gasteiger partial charge in [-0.3, -0.25) is 4.57 Å². The molecule has 0 bridgehead atoms. The molecule has 0 aliphatic heterocycles. The molecule has 0 amide bonds. The second-order valence-corrected chi connectivity index (χ2v) is 2.46. The number of aromatic nitrogens is 4. The molecule has 2 heterocycles. The first-order valence-corrected chi connectivity index (χ1v) is 4.60. The Hall–Kier alpha value is -1.71. The van der Waals surface area contributed by atoms with Crippen LogP contribution in [0.2, 0.25) is 0 Å². The smallest absolute Gasteiger partial charge is 0.167 e. The van der Waals surface area contributed by atoms with Crippen molar-refractivity contribution < 1.29 is 0 Å². The van der Waals surface area contributed by atoms with Crippen LogP contribution >= 0.6 is 0 Å². The Labute approximate surface area is 83.3 Å². The van der Waals surface area contributed by atoms with Crippen LogP contribution in [-0.2, 0) is 0 Å². The average molecular weight is 190 g/mol. The SMILES string of the molecule is C=Cn1cnc2cnc(C)nc21.CC. The molecule has 0 aliphatic carbocycles. The molecule has 0 unspecified atom stereocenters. The summed E-state index contributed by atoms with van der Waals surface area (Å²) in [5.74, 6) is 0.742. The normalized spacial score (nSPS) is 9.36. The van der Waals surface area contributed by atoms with E-state index in [1.54, 1.807) is 23.3 Å². The van der Waals surface area contributed by atoms with Crippen LogP contribution in [0.4, 0.5) is 0 Å². The lowest BCUT2D eigenvalue weighted by atomic mass is 10.5. The van der Waals surface area contributed by atoms with Gasteiger partial charge in [0.15, 0.2) is 5.65 Å². The van der Waals surface area contributed by atoms with E-state index in [0.717, 1.165) is 17.0 Å². The fourth-order valence-corrected chi connectivity index (χ4v) is 1.05. The van der Waals surface area contributed by atoms with Crippen molar-refractivity contribution in [3.8, 4) is 0 Å². The van der Waals surface area contributed by atoms with Crippen molar-refractivity contribution in [3.05, 3.63) is 24.9 Å². The van der Waals surface area contributed by atoms with Gasteiger partial charge < -0.3 is 0 Å². The third-order valence-corrected chi connectivity index (χ3v) is 1.63. The maximum atomic E-state index is 4.22. The molecule has 2 rings (SSSR count). The minimum Gasteiger partial charge on any atom is -0.291 e. The number of aryl methyl sites for hydroxylation is 1. The summed E-state index contributed by atoms with van der Waals surface area (Å²) in [6.07, 6.45) is 5.05. The van der Waals surface area contributed by atoms with Crippen LogP contribution in [0.1, 0.15) is 19.7 Å². The van der Waals surface area contributed by atoms with E-state index in [4.69, 9.17) is 0 Å². The molecule has 0 spiro atoms. The Kier molecular flexibility index (Phi) is 3.34. The summed E-state index contributed by atoms with van der Waals surface area (Å²) in [4.78, 5) is 12.4. The van der Waals surface area contributed by atoms with Gasteiger partial charge in [0.2, 0.25) is 0 Å². The lowest BCUT2D eigenvalue weighted by Gasteiger charge is -1.93. The topological polar surface area (TPSA) is 43.6 Å². The van der Waals surface area contributed by atoms with Gasteiger partial charge in [-0.25, -0.2) is 15.0 Å². The fraction of sp³-hybridized carbons (Fsp3) is 0.300. The molecule has 74 valence electrons. The van der Waals surface area contributed by atoms with E-state index in [9.17, 15) is 0 Å². The molecule has 0 radical (unpaired) electrons. The molecule has 4 nitrogen and oxygen atoms in total. The van der Waals surface area contributed by atoms with E-state index in [2.05, 4.69) is 21.5 Å². The first-order valence-electron chi connectivity index (χ1n) is 4.60. The van der Waals surface area contributed by atoms with Gasteiger partial charge in [0, 0.05) is 6.20 Å². The molecule has 0 aromatic carbocycles. The molecule has 0 aliphatic rings. The van der Waals surface area contributed by atoms with Crippen molar-refractivity contribution in [2.75, 3.05) is 0 Å². The average Bonchev–Trinajstić information content (AvgIpc) is 2.63. The minimum atomic E-state index is 0.742. The molecule has 0 fully saturated rings. The quantitative estimate of drug-likeness (QED) is 0.692. The van der Waals surface area contributed by atoms with E-state index < -0.39 is 0 Å². The monoisotopic (exact) mass is 190 g/mol. The fourth-order valence-electron chi connectivity index (χ4n) is 1.05. The summed E-state index contributed by atoms with van der Waals surface area (Å²) < 4.78 is 1.77. The number of hydrogen-bond donors (Lipinski definition) is 0. The van der Waals surface area contributed by atoms with Crippen molar-refractivity contribution in [2.45, 2.75) is 20.8 Å². The molecule has 0 saturated heterocycles. The number of fused-ring (bicyclic) bond motifs is 1. The molecule has 0 atom stereocenters. The highest BCUT2D eigenvalue weighted by molar-refractivity contribution is 5.71. The highest BCUT2D eigenvalue weighted by Crippen LogP contribution is 2.08. The minimum absolute atomic E-state index is 0.742. The Morgan fingerprint density at radius 3 is 2.71 bits per heavy atom. The third-order valence-electron chi connectivity index (χ3n) is 1.63. The predicted octanol–water partition coefficient (Wildman–Crippen LogP) is 2.26. The highest BCUT2D eigenvalue weighted by atomic mass is 15.1. The first kappa shape index (κ1) is 10.4. The van der Waals surface area contributed by atoms with E-state index >= 15 is 0 Å². The maximum Gasteiger partial charge on any atom is 0.167 e. The molecule has 0 saturated carbocycles. The molecular weight excluding hydrogens is 176 g/mol. The van der Waals surface area contributed by atoms with Crippen molar-refractivity contribution >= 4 is 17.4 Å². The number of imidazole rings is 1. The summed E-state index contributed by atoms with van der Waals surface area (Å²) in [6.45, 7) is 9.49.